The van der Waals surface area contributed by atoms with Crippen molar-refractivity contribution in [1.82, 2.24) is 4.98 Å². The molecule has 9 heteroatoms. The van der Waals surface area contributed by atoms with Gasteiger partial charge in [0.1, 0.15) is 0 Å². The van der Waals surface area contributed by atoms with Gasteiger partial charge in [-0.2, -0.15) is 13.2 Å². The maximum absolute atomic E-state index is 12.7. The van der Waals surface area contributed by atoms with Gasteiger partial charge in [-0.25, -0.2) is 0 Å². The minimum atomic E-state index is -4.51. The molecule has 0 saturated carbocycles. The van der Waals surface area contributed by atoms with Gasteiger partial charge in [-0.15, -0.1) is 0 Å². The van der Waals surface area contributed by atoms with Crippen LogP contribution in [-0.4, -0.2) is 11.5 Å². The van der Waals surface area contributed by atoms with Gasteiger partial charge in [0.05, 0.1) is 33.7 Å². The minimum Gasteiger partial charge on any atom is -0.397 e. The van der Waals surface area contributed by atoms with E-state index in [1.54, 1.807) is 18.2 Å². The van der Waals surface area contributed by atoms with E-state index >= 15 is 0 Å². The van der Waals surface area contributed by atoms with E-state index in [1.165, 1.54) is 0 Å². The van der Waals surface area contributed by atoms with Crippen molar-refractivity contribution in [3.05, 3.63) is 51.8 Å². The first-order valence-corrected chi connectivity index (χ1v) is 7.22. The van der Waals surface area contributed by atoms with Gasteiger partial charge in [0.25, 0.3) is 0 Å². The Morgan fingerprint density at radius 3 is 2.43 bits per heavy atom. The molecular weight excluding hydrogens is 352 g/mol. The third-order valence-electron chi connectivity index (χ3n) is 3.11. The second kappa shape index (κ2) is 6.82. The van der Waals surface area contributed by atoms with Gasteiger partial charge in [-0.05, 0) is 24.3 Å². The molecule has 1 atom stereocenters. The SMILES string of the molecule is NC[C@H](Nc1ccc(Cl)cc1N)c1ncc(C(F)(F)F)cc1Cl. The quantitative estimate of drug-likeness (QED) is 0.713. The summed E-state index contributed by atoms with van der Waals surface area (Å²) in [6.45, 7) is 0.0557. The van der Waals surface area contributed by atoms with Crippen LogP contribution in [0.15, 0.2) is 30.5 Å². The Labute approximate surface area is 140 Å². The van der Waals surface area contributed by atoms with Crippen LogP contribution in [0.2, 0.25) is 10.0 Å². The number of nitrogens with one attached hydrogen (secondary N) is 1. The highest BCUT2D eigenvalue weighted by Gasteiger charge is 2.32. The Balaban J connectivity index is 2.31. The molecule has 0 unspecified atom stereocenters. The van der Waals surface area contributed by atoms with Crippen LogP contribution < -0.4 is 16.8 Å². The van der Waals surface area contributed by atoms with Crippen LogP contribution in [0.5, 0.6) is 0 Å². The molecule has 2 aromatic rings. The summed E-state index contributed by atoms with van der Waals surface area (Å²) in [5.41, 5.74) is 11.7. The van der Waals surface area contributed by atoms with Gasteiger partial charge >= 0.3 is 6.18 Å². The molecule has 0 spiro atoms. The topological polar surface area (TPSA) is 77.0 Å². The molecule has 0 aliphatic rings. The summed E-state index contributed by atoms with van der Waals surface area (Å²) in [5, 5.41) is 3.33. The summed E-state index contributed by atoms with van der Waals surface area (Å²) >= 11 is 11.7. The molecular formula is C14H13Cl2F3N4. The van der Waals surface area contributed by atoms with Gasteiger partial charge in [0, 0.05) is 17.8 Å². The van der Waals surface area contributed by atoms with E-state index in [4.69, 9.17) is 34.7 Å². The number of anilines is 2. The molecule has 0 bridgehead atoms. The molecule has 0 fully saturated rings. The van der Waals surface area contributed by atoms with Crippen molar-refractivity contribution >= 4 is 34.6 Å². The Morgan fingerprint density at radius 2 is 1.91 bits per heavy atom. The molecule has 2 rings (SSSR count). The average molecular weight is 365 g/mol. The number of hydrogen-bond acceptors (Lipinski definition) is 4. The van der Waals surface area contributed by atoms with Gasteiger partial charge in [0.2, 0.25) is 0 Å². The Morgan fingerprint density at radius 1 is 1.22 bits per heavy atom. The molecule has 0 aliphatic carbocycles. The van der Waals surface area contributed by atoms with Crippen molar-refractivity contribution in [2.45, 2.75) is 12.2 Å². The third kappa shape index (κ3) is 4.19. The molecule has 1 heterocycles. The van der Waals surface area contributed by atoms with Crippen molar-refractivity contribution in [2.24, 2.45) is 5.73 Å². The molecule has 1 aromatic heterocycles. The second-order valence-corrected chi connectivity index (χ2v) is 5.60. The monoisotopic (exact) mass is 364 g/mol. The minimum absolute atomic E-state index is 0.0557. The highest BCUT2D eigenvalue weighted by Crippen LogP contribution is 2.33. The third-order valence-corrected chi connectivity index (χ3v) is 3.64. The molecule has 5 N–H and O–H groups in total. The number of benzene rings is 1. The zero-order chi connectivity index (χ0) is 17.2. The normalized spacial score (nSPS) is 13.0. The van der Waals surface area contributed by atoms with Crippen molar-refractivity contribution in [1.29, 1.82) is 0 Å². The van der Waals surface area contributed by atoms with E-state index in [9.17, 15) is 13.2 Å². The fourth-order valence-corrected chi connectivity index (χ4v) is 2.43. The largest absolute Gasteiger partial charge is 0.417 e. The average Bonchev–Trinajstić information content (AvgIpc) is 2.46. The van der Waals surface area contributed by atoms with E-state index in [1.807, 2.05) is 0 Å². The summed E-state index contributed by atoms with van der Waals surface area (Å²) in [6.07, 6.45) is -3.79. The van der Waals surface area contributed by atoms with Crippen LogP contribution >= 0.6 is 23.2 Å². The number of nitrogens with two attached hydrogens (primary N) is 2. The van der Waals surface area contributed by atoms with Gasteiger partial charge in [-0.1, -0.05) is 23.2 Å². The number of nitrogen functional groups attached to an aromatic ring is 1. The van der Waals surface area contributed by atoms with Crippen LogP contribution in [0.25, 0.3) is 0 Å². The summed E-state index contributed by atoms with van der Waals surface area (Å²) in [7, 11) is 0. The molecule has 0 radical (unpaired) electrons. The number of aromatic nitrogens is 1. The molecule has 0 saturated heterocycles. The van der Waals surface area contributed by atoms with Crippen molar-refractivity contribution in [3.8, 4) is 0 Å². The predicted octanol–water partition coefficient (Wildman–Crippen LogP) is 4.10. The smallest absolute Gasteiger partial charge is 0.397 e. The lowest BCUT2D eigenvalue weighted by molar-refractivity contribution is -0.137. The predicted molar refractivity (Wildman–Crippen MR) is 85.5 cm³/mol. The number of hydrogen-bond donors (Lipinski definition) is 3. The summed E-state index contributed by atoms with van der Waals surface area (Å²) in [5.74, 6) is 0. The van der Waals surface area contributed by atoms with E-state index in [0.717, 1.165) is 12.3 Å². The molecule has 23 heavy (non-hydrogen) atoms. The zero-order valence-corrected chi connectivity index (χ0v) is 13.2. The van der Waals surface area contributed by atoms with Crippen LogP contribution in [0.1, 0.15) is 17.3 Å². The highest BCUT2D eigenvalue weighted by atomic mass is 35.5. The Hall–Kier alpha value is -1.70. The molecule has 0 amide bonds. The fourth-order valence-electron chi connectivity index (χ4n) is 1.95. The lowest BCUT2D eigenvalue weighted by Crippen LogP contribution is -2.23. The van der Waals surface area contributed by atoms with Crippen molar-refractivity contribution in [3.63, 3.8) is 0 Å². The first-order chi connectivity index (χ1) is 10.7. The maximum atomic E-state index is 12.7. The molecule has 1 aromatic carbocycles. The molecule has 124 valence electrons. The van der Waals surface area contributed by atoms with E-state index in [0.29, 0.717) is 16.4 Å². The standard InChI is InChI=1S/C14H13Cl2F3N4/c15-8-1-2-11(10(21)4-8)23-12(5-20)13-9(16)3-7(6-22-13)14(17,18)19/h1-4,6,12,23H,5,20-21H2/t12-/m0/s1. The van der Waals surface area contributed by atoms with Gasteiger partial charge in [-0.3, -0.25) is 4.98 Å². The number of rotatable bonds is 4. The number of nitrogens with zero attached hydrogens (tertiary/aromatic N) is 1. The van der Waals surface area contributed by atoms with Crippen molar-refractivity contribution in [2.75, 3.05) is 17.6 Å². The lowest BCUT2D eigenvalue weighted by atomic mass is 10.1. The molecule has 0 aliphatic heterocycles. The lowest BCUT2D eigenvalue weighted by Gasteiger charge is -2.20. The van der Waals surface area contributed by atoms with Gasteiger partial charge in [0.15, 0.2) is 0 Å². The first kappa shape index (κ1) is 17.7. The van der Waals surface area contributed by atoms with E-state index in [2.05, 4.69) is 10.3 Å². The molecule has 4 nitrogen and oxygen atoms in total. The summed E-state index contributed by atoms with van der Waals surface area (Å²) in [4.78, 5) is 3.80. The highest BCUT2D eigenvalue weighted by molar-refractivity contribution is 6.31. The summed E-state index contributed by atoms with van der Waals surface area (Å²) < 4.78 is 38.0. The first-order valence-electron chi connectivity index (χ1n) is 6.46. The number of halogens is 5. The summed E-state index contributed by atoms with van der Waals surface area (Å²) in [6, 6.07) is 5.01. The Bertz CT molecular complexity index is 707. The van der Waals surface area contributed by atoms with E-state index < -0.39 is 17.8 Å². The Kier molecular flexibility index (Phi) is 5.23. The van der Waals surface area contributed by atoms with Crippen LogP contribution in [-0.2, 0) is 6.18 Å². The fraction of sp³-hybridized carbons (Fsp3) is 0.214. The maximum Gasteiger partial charge on any atom is 0.417 e. The van der Waals surface area contributed by atoms with Crippen LogP contribution in [0, 0.1) is 0 Å². The number of pyridine rings is 1. The van der Waals surface area contributed by atoms with Crippen molar-refractivity contribution < 1.29 is 13.2 Å². The zero-order valence-electron chi connectivity index (χ0n) is 11.7. The second-order valence-electron chi connectivity index (χ2n) is 4.75. The van der Waals surface area contributed by atoms with Crippen LogP contribution in [0.3, 0.4) is 0 Å². The van der Waals surface area contributed by atoms with Crippen LogP contribution in [0.4, 0.5) is 24.5 Å². The van der Waals surface area contributed by atoms with Gasteiger partial charge < -0.3 is 16.8 Å². The number of alkyl halides is 3. The van der Waals surface area contributed by atoms with E-state index in [-0.39, 0.29) is 17.3 Å².